The summed E-state index contributed by atoms with van der Waals surface area (Å²) >= 11 is 0. The lowest BCUT2D eigenvalue weighted by molar-refractivity contribution is 0.140. The second-order valence-corrected chi connectivity index (χ2v) is 2.29. The van der Waals surface area contributed by atoms with Crippen molar-refractivity contribution in [2.45, 2.75) is 6.42 Å². The zero-order valence-electron chi connectivity index (χ0n) is 6.99. The van der Waals surface area contributed by atoms with Crippen LogP contribution in [-0.4, -0.2) is 18.7 Å². The molecule has 1 heterocycles. The average molecular weight is 168 g/mol. The largest absolute Gasteiger partial charge is 0.481 e. The van der Waals surface area contributed by atoms with Crippen LogP contribution < -0.4 is 10.6 Å². The van der Waals surface area contributed by atoms with Crippen LogP contribution in [0.3, 0.4) is 0 Å². The summed E-state index contributed by atoms with van der Waals surface area (Å²) in [6, 6.07) is 3.79. The smallest absolute Gasteiger partial charge is 0.216 e. The van der Waals surface area contributed by atoms with Crippen molar-refractivity contribution in [2.75, 3.05) is 13.7 Å². The number of ether oxygens (including phenoxy) is 1. The summed E-state index contributed by atoms with van der Waals surface area (Å²) in [5, 5.41) is 0. The molecule has 12 heavy (non-hydrogen) atoms. The molecule has 0 radical (unpaired) electrons. The lowest BCUT2D eigenvalue weighted by atomic mass is 10.2. The third-order valence-corrected chi connectivity index (χ3v) is 1.53. The van der Waals surface area contributed by atoms with E-state index in [4.69, 9.17) is 10.6 Å². The fraction of sp³-hybridized carbons (Fsp3) is 0.375. The summed E-state index contributed by atoms with van der Waals surface area (Å²) < 4.78 is 5.03. The molecule has 0 saturated heterocycles. The fourth-order valence-corrected chi connectivity index (χ4v) is 0.967. The molecular weight excluding hydrogens is 156 g/mol. The van der Waals surface area contributed by atoms with Crippen LogP contribution >= 0.6 is 0 Å². The van der Waals surface area contributed by atoms with Crippen LogP contribution in [0, 0.1) is 0 Å². The quantitative estimate of drug-likeness (QED) is 0.666. The first-order chi connectivity index (χ1) is 5.88. The molecule has 1 aromatic rings. The number of methoxy groups -OCH3 is 1. The lowest BCUT2D eigenvalue weighted by Crippen LogP contribution is -2.05. The molecule has 0 fully saturated rings. The molecule has 0 bridgehead atoms. The SMILES string of the molecule is COc1ncccc1CCON. The van der Waals surface area contributed by atoms with Crippen molar-refractivity contribution in [1.29, 1.82) is 0 Å². The minimum Gasteiger partial charge on any atom is -0.481 e. The molecule has 0 spiro atoms. The minimum absolute atomic E-state index is 0.474. The van der Waals surface area contributed by atoms with E-state index < -0.39 is 0 Å². The van der Waals surface area contributed by atoms with Crippen molar-refractivity contribution < 1.29 is 9.57 Å². The maximum absolute atomic E-state index is 5.03. The molecule has 0 saturated carbocycles. The first-order valence-corrected chi connectivity index (χ1v) is 3.68. The second kappa shape index (κ2) is 4.69. The summed E-state index contributed by atoms with van der Waals surface area (Å²) in [6.07, 6.45) is 2.40. The average Bonchev–Trinajstić information content (AvgIpc) is 2.15. The Balaban J connectivity index is 2.68. The molecule has 1 rings (SSSR count). The Bertz CT molecular complexity index is 240. The normalized spacial score (nSPS) is 9.83. The summed E-state index contributed by atoms with van der Waals surface area (Å²) in [5.74, 6) is 5.54. The monoisotopic (exact) mass is 168 g/mol. The zero-order chi connectivity index (χ0) is 8.81. The van der Waals surface area contributed by atoms with Crippen LogP contribution in [0.2, 0.25) is 0 Å². The Morgan fingerprint density at radius 2 is 2.42 bits per heavy atom. The van der Waals surface area contributed by atoms with Gasteiger partial charge >= 0.3 is 0 Å². The summed E-state index contributed by atoms with van der Waals surface area (Å²) in [7, 11) is 1.59. The van der Waals surface area contributed by atoms with E-state index in [1.54, 1.807) is 13.3 Å². The number of pyridine rings is 1. The van der Waals surface area contributed by atoms with E-state index in [2.05, 4.69) is 9.82 Å². The van der Waals surface area contributed by atoms with Gasteiger partial charge in [-0.1, -0.05) is 6.07 Å². The Kier molecular flexibility index (Phi) is 3.50. The topological polar surface area (TPSA) is 57.4 Å². The Morgan fingerprint density at radius 3 is 3.08 bits per heavy atom. The summed E-state index contributed by atoms with van der Waals surface area (Å²) in [5.41, 5.74) is 1.01. The summed E-state index contributed by atoms with van der Waals surface area (Å²) in [4.78, 5) is 8.49. The van der Waals surface area contributed by atoms with Gasteiger partial charge in [0.2, 0.25) is 5.88 Å². The van der Waals surface area contributed by atoms with Gasteiger partial charge in [0.25, 0.3) is 0 Å². The Hall–Kier alpha value is -1.13. The third-order valence-electron chi connectivity index (χ3n) is 1.53. The molecule has 66 valence electrons. The molecule has 0 atom stereocenters. The lowest BCUT2D eigenvalue weighted by Gasteiger charge is -2.04. The van der Waals surface area contributed by atoms with E-state index in [0.717, 1.165) is 5.56 Å². The highest BCUT2D eigenvalue weighted by molar-refractivity contribution is 5.25. The molecule has 0 aliphatic carbocycles. The van der Waals surface area contributed by atoms with E-state index >= 15 is 0 Å². The van der Waals surface area contributed by atoms with Crippen LogP contribution in [0.4, 0.5) is 0 Å². The number of hydrogen-bond acceptors (Lipinski definition) is 4. The van der Waals surface area contributed by atoms with Crippen LogP contribution in [0.5, 0.6) is 5.88 Å². The van der Waals surface area contributed by atoms with Crippen LogP contribution in [0.15, 0.2) is 18.3 Å². The van der Waals surface area contributed by atoms with Crippen molar-refractivity contribution in [3.8, 4) is 5.88 Å². The van der Waals surface area contributed by atoms with Gasteiger partial charge in [-0.2, -0.15) is 0 Å². The number of nitrogens with two attached hydrogens (primary N) is 1. The van der Waals surface area contributed by atoms with E-state index in [0.29, 0.717) is 18.9 Å². The number of aromatic nitrogens is 1. The third kappa shape index (κ3) is 2.18. The molecule has 2 N–H and O–H groups in total. The van der Waals surface area contributed by atoms with E-state index in [9.17, 15) is 0 Å². The molecule has 0 aromatic carbocycles. The highest BCUT2D eigenvalue weighted by Crippen LogP contribution is 2.13. The standard InChI is InChI=1S/C8H12N2O2/c1-11-8-7(4-6-12-9)3-2-5-10-8/h2-3,5H,4,6,9H2,1H3. The van der Waals surface area contributed by atoms with Gasteiger partial charge in [-0.05, 0) is 6.07 Å². The van der Waals surface area contributed by atoms with Crippen molar-refractivity contribution in [3.05, 3.63) is 23.9 Å². The fourth-order valence-electron chi connectivity index (χ4n) is 0.967. The summed E-state index contributed by atoms with van der Waals surface area (Å²) in [6.45, 7) is 0.474. The number of nitrogens with zero attached hydrogens (tertiary/aromatic N) is 1. The molecule has 1 aromatic heterocycles. The zero-order valence-corrected chi connectivity index (χ0v) is 6.99. The van der Waals surface area contributed by atoms with E-state index in [1.165, 1.54) is 0 Å². The molecule has 0 unspecified atom stereocenters. The highest BCUT2D eigenvalue weighted by Gasteiger charge is 2.01. The van der Waals surface area contributed by atoms with Gasteiger partial charge < -0.3 is 9.57 Å². The van der Waals surface area contributed by atoms with Gasteiger partial charge in [-0.3, -0.25) is 0 Å². The van der Waals surface area contributed by atoms with Crippen molar-refractivity contribution in [2.24, 2.45) is 5.90 Å². The maximum Gasteiger partial charge on any atom is 0.216 e. The van der Waals surface area contributed by atoms with Gasteiger partial charge in [0.1, 0.15) is 0 Å². The van der Waals surface area contributed by atoms with Gasteiger partial charge in [0.05, 0.1) is 13.7 Å². The van der Waals surface area contributed by atoms with E-state index in [1.807, 2.05) is 12.1 Å². The molecule has 4 nitrogen and oxygen atoms in total. The first kappa shape index (κ1) is 8.96. The highest BCUT2D eigenvalue weighted by atomic mass is 16.6. The van der Waals surface area contributed by atoms with E-state index in [-0.39, 0.29) is 0 Å². The second-order valence-electron chi connectivity index (χ2n) is 2.29. The van der Waals surface area contributed by atoms with Crippen molar-refractivity contribution in [3.63, 3.8) is 0 Å². The predicted molar refractivity (Wildman–Crippen MR) is 44.6 cm³/mol. The van der Waals surface area contributed by atoms with Crippen LogP contribution in [0.1, 0.15) is 5.56 Å². The molecule has 0 aliphatic rings. The number of hydrogen-bond donors (Lipinski definition) is 1. The molecule has 0 aliphatic heterocycles. The Morgan fingerprint density at radius 1 is 1.58 bits per heavy atom. The van der Waals surface area contributed by atoms with Crippen LogP contribution in [-0.2, 0) is 11.3 Å². The van der Waals surface area contributed by atoms with Gasteiger partial charge in [0, 0.05) is 18.2 Å². The number of rotatable bonds is 4. The van der Waals surface area contributed by atoms with Crippen LogP contribution in [0.25, 0.3) is 0 Å². The Labute approximate surface area is 71.3 Å². The van der Waals surface area contributed by atoms with Gasteiger partial charge in [-0.25, -0.2) is 10.9 Å². The molecular formula is C8H12N2O2. The first-order valence-electron chi connectivity index (χ1n) is 3.68. The molecule has 4 heteroatoms. The van der Waals surface area contributed by atoms with Crippen molar-refractivity contribution in [1.82, 2.24) is 4.98 Å². The molecule has 0 amide bonds. The minimum atomic E-state index is 0.474. The van der Waals surface area contributed by atoms with Gasteiger partial charge in [0.15, 0.2) is 0 Å². The van der Waals surface area contributed by atoms with Crippen molar-refractivity contribution >= 4 is 0 Å². The maximum atomic E-state index is 5.03. The van der Waals surface area contributed by atoms with Gasteiger partial charge in [-0.15, -0.1) is 0 Å². The predicted octanol–water partition coefficient (Wildman–Crippen LogP) is 0.523.